The van der Waals surface area contributed by atoms with Crippen LogP contribution in [0.5, 0.6) is 0 Å². The van der Waals surface area contributed by atoms with Crippen LogP contribution in [-0.4, -0.2) is 41.5 Å². The van der Waals surface area contributed by atoms with Gasteiger partial charge in [-0.2, -0.15) is 0 Å². The van der Waals surface area contributed by atoms with Crippen LogP contribution >= 0.6 is 0 Å². The molecule has 2 unspecified atom stereocenters. The SMILES string of the molecule is O=C(NCC1CC1)C1CN1CCc1ccccn1. The molecule has 2 aliphatic rings. The molecule has 0 aromatic carbocycles. The molecule has 0 radical (unpaired) electrons. The maximum Gasteiger partial charge on any atom is 0.238 e. The molecule has 18 heavy (non-hydrogen) atoms. The Morgan fingerprint density at radius 2 is 2.33 bits per heavy atom. The molecule has 1 aliphatic heterocycles. The van der Waals surface area contributed by atoms with Gasteiger partial charge in [-0.15, -0.1) is 0 Å². The minimum Gasteiger partial charge on any atom is -0.354 e. The van der Waals surface area contributed by atoms with E-state index in [-0.39, 0.29) is 11.9 Å². The lowest BCUT2D eigenvalue weighted by molar-refractivity contribution is -0.121. The highest BCUT2D eigenvalue weighted by molar-refractivity contribution is 5.84. The summed E-state index contributed by atoms with van der Waals surface area (Å²) in [5.74, 6) is 0.970. The summed E-state index contributed by atoms with van der Waals surface area (Å²) in [5, 5.41) is 3.04. The molecule has 1 amide bonds. The number of amides is 1. The molecular weight excluding hydrogens is 226 g/mol. The Balaban J connectivity index is 1.37. The third-order valence-corrected chi connectivity index (χ3v) is 3.66. The second kappa shape index (κ2) is 5.06. The lowest BCUT2D eigenvalue weighted by atomic mass is 10.3. The smallest absolute Gasteiger partial charge is 0.238 e. The number of hydrogen-bond acceptors (Lipinski definition) is 3. The van der Waals surface area contributed by atoms with Gasteiger partial charge in [0.15, 0.2) is 0 Å². The minimum atomic E-state index is 0.118. The highest BCUT2D eigenvalue weighted by Gasteiger charge is 2.40. The Labute approximate surface area is 107 Å². The highest BCUT2D eigenvalue weighted by Crippen LogP contribution is 2.28. The molecule has 2 heterocycles. The van der Waals surface area contributed by atoms with Gasteiger partial charge in [-0.1, -0.05) is 6.07 Å². The van der Waals surface area contributed by atoms with Crippen LogP contribution in [0.4, 0.5) is 0 Å². The average molecular weight is 245 g/mol. The van der Waals surface area contributed by atoms with E-state index in [0.717, 1.165) is 37.7 Å². The van der Waals surface area contributed by atoms with Crippen LogP contribution in [0.1, 0.15) is 18.5 Å². The molecule has 1 aromatic rings. The van der Waals surface area contributed by atoms with Crippen molar-refractivity contribution in [3.8, 4) is 0 Å². The normalized spacial score (nSPS) is 25.8. The van der Waals surface area contributed by atoms with Gasteiger partial charge < -0.3 is 5.32 Å². The molecule has 2 atom stereocenters. The first kappa shape index (κ1) is 11.7. The van der Waals surface area contributed by atoms with Crippen molar-refractivity contribution in [3.63, 3.8) is 0 Å². The van der Waals surface area contributed by atoms with E-state index < -0.39 is 0 Å². The lowest BCUT2D eigenvalue weighted by Gasteiger charge is -2.05. The van der Waals surface area contributed by atoms with E-state index in [1.807, 2.05) is 24.4 Å². The Morgan fingerprint density at radius 3 is 3.06 bits per heavy atom. The van der Waals surface area contributed by atoms with E-state index in [2.05, 4.69) is 15.2 Å². The van der Waals surface area contributed by atoms with Crippen molar-refractivity contribution in [3.05, 3.63) is 30.1 Å². The average Bonchev–Trinajstić information content (AvgIpc) is 3.28. The topological polar surface area (TPSA) is 45.0 Å². The maximum atomic E-state index is 11.8. The van der Waals surface area contributed by atoms with Crippen LogP contribution in [0.25, 0.3) is 0 Å². The molecule has 1 saturated carbocycles. The van der Waals surface area contributed by atoms with Crippen LogP contribution < -0.4 is 5.32 Å². The number of nitrogens with zero attached hydrogens (tertiary/aromatic N) is 2. The standard InChI is InChI=1S/C14H19N3O/c18-14(16-9-11-4-5-11)13-10-17(13)8-6-12-3-1-2-7-15-12/h1-3,7,11,13H,4-6,8-10H2,(H,16,18). The second-order valence-corrected chi connectivity index (χ2v) is 5.27. The summed E-state index contributed by atoms with van der Waals surface area (Å²) in [6.07, 6.45) is 5.31. The molecule has 4 nitrogen and oxygen atoms in total. The molecule has 1 N–H and O–H groups in total. The monoisotopic (exact) mass is 245 g/mol. The molecule has 2 fully saturated rings. The van der Waals surface area contributed by atoms with Crippen LogP contribution in [0.15, 0.2) is 24.4 Å². The van der Waals surface area contributed by atoms with Crippen LogP contribution in [0.3, 0.4) is 0 Å². The van der Waals surface area contributed by atoms with Crippen molar-refractivity contribution >= 4 is 5.91 Å². The summed E-state index contributed by atoms with van der Waals surface area (Å²) in [4.78, 5) is 18.3. The number of nitrogens with one attached hydrogen (secondary N) is 1. The van der Waals surface area contributed by atoms with E-state index >= 15 is 0 Å². The maximum absolute atomic E-state index is 11.8. The predicted molar refractivity (Wildman–Crippen MR) is 69.0 cm³/mol. The zero-order chi connectivity index (χ0) is 12.4. The summed E-state index contributed by atoms with van der Waals surface area (Å²) in [6.45, 7) is 2.71. The minimum absolute atomic E-state index is 0.118. The molecule has 1 aromatic heterocycles. The third-order valence-electron chi connectivity index (χ3n) is 3.66. The fourth-order valence-corrected chi connectivity index (χ4v) is 2.16. The summed E-state index contributed by atoms with van der Waals surface area (Å²) in [7, 11) is 0. The molecule has 1 aliphatic carbocycles. The number of hydrogen-bond donors (Lipinski definition) is 1. The summed E-state index contributed by atoms with van der Waals surface area (Å²) in [5.41, 5.74) is 1.10. The van der Waals surface area contributed by atoms with E-state index in [1.165, 1.54) is 12.8 Å². The Hall–Kier alpha value is -1.42. The molecule has 3 rings (SSSR count). The number of carbonyl (C=O) groups is 1. The van der Waals surface area contributed by atoms with Gasteiger partial charge in [0.1, 0.15) is 6.04 Å². The molecular formula is C14H19N3O. The van der Waals surface area contributed by atoms with Crippen molar-refractivity contribution in [1.82, 2.24) is 15.2 Å². The van der Waals surface area contributed by atoms with Gasteiger partial charge in [-0.25, -0.2) is 0 Å². The van der Waals surface area contributed by atoms with Crippen molar-refractivity contribution in [2.45, 2.75) is 25.3 Å². The van der Waals surface area contributed by atoms with E-state index in [0.29, 0.717) is 0 Å². The predicted octanol–water partition coefficient (Wildman–Crippen LogP) is 0.834. The Bertz CT molecular complexity index is 416. The number of carbonyl (C=O) groups excluding carboxylic acids is 1. The largest absolute Gasteiger partial charge is 0.354 e. The number of aromatic nitrogens is 1. The number of rotatable bonds is 6. The third kappa shape index (κ3) is 3.07. The Morgan fingerprint density at radius 1 is 1.44 bits per heavy atom. The zero-order valence-electron chi connectivity index (χ0n) is 10.5. The fraction of sp³-hybridized carbons (Fsp3) is 0.571. The van der Waals surface area contributed by atoms with Crippen molar-refractivity contribution in [2.75, 3.05) is 19.6 Å². The van der Waals surface area contributed by atoms with E-state index in [1.54, 1.807) is 0 Å². The first-order valence-corrected chi connectivity index (χ1v) is 6.74. The second-order valence-electron chi connectivity index (χ2n) is 5.27. The van der Waals surface area contributed by atoms with Gasteiger partial charge in [-0.3, -0.25) is 14.7 Å². The van der Waals surface area contributed by atoms with Gasteiger partial charge in [0.05, 0.1) is 0 Å². The zero-order valence-corrected chi connectivity index (χ0v) is 10.5. The molecule has 1 saturated heterocycles. The van der Waals surface area contributed by atoms with Gasteiger partial charge in [0.2, 0.25) is 5.91 Å². The van der Waals surface area contributed by atoms with Crippen LogP contribution in [0.2, 0.25) is 0 Å². The fourth-order valence-electron chi connectivity index (χ4n) is 2.16. The van der Waals surface area contributed by atoms with Gasteiger partial charge >= 0.3 is 0 Å². The quantitative estimate of drug-likeness (QED) is 0.755. The molecule has 0 bridgehead atoms. The van der Waals surface area contributed by atoms with E-state index in [4.69, 9.17) is 0 Å². The highest BCUT2D eigenvalue weighted by atomic mass is 16.2. The lowest BCUT2D eigenvalue weighted by Crippen LogP contribution is -2.31. The van der Waals surface area contributed by atoms with Gasteiger partial charge in [0.25, 0.3) is 0 Å². The van der Waals surface area contributed by atoms with Crippen molar-refractivity contribution in [2.24, 2.45) is 5.92 Å². The molecule has 96 valence electrons. The first-order chi connectivity index (χ1) is 8.83. The Kier molecular flexibility index (Phi) is 3.28. The van der Waals surface area contributed by atoms with Crippen LogP contribution in [0, 0.1) is 5.92 Å². The summed E-state index contributed by atoms with van der Waals surface area (Å²) < 4.78 is 0. The van der Waals surface area contributed by atoms with Crippen LogP contribution in [-0.2, 0) is 11.2 Å². The molecule has 0 spiro atoms. The van der Waals surface area contributed by atoms with E-state index in [9.17, 15) is 4.79 Å². The summed E-state index contributed by atoms with van der Waals surface area (Å²) >= 11 is 0. The summed E-state index contributed by atoms with van der Waals surface area (Å²) in [6, 6.07) is 6.08. The van der Waals surface area contributed by atoms with Gasteiger partial charge in [-0.05, 0) is 30.9 Å². The number of pyridine rings is 1. The van der Waals surface area contributed by atoms with Crippen molar-refractivity contribution < 1.29 is 4.79 Å². The van der Waals surface area contributed by atoms with Crippen molar-refractivity contribution in [1.29, 1.82) is 0 Å². The molecule has 4 heteroatoms. The first-order valence-electron chi connectivity index (χ1n) is 6.74. The van der Waals surface area contributed by atoms with Gasteiger partial charge in [0, 0.05) is 37.9 Å².